The molecule has 21 heavy (non-hydrogen) atoms. The molecule has 0 amide bonds. The fourth-order valence-corrected chi connectivity index (χ4v) is 1.77. The van der Waals surface area contributed by atoms with Crippen LogP contribution in [0.4, 0.5) is 17.6 Å². The average Bonchev–Trinajstić information content (AvgIpc) is 2.53. The van der Waals surface area contributed by atoms with Gasteiger partial charge in [0, 0.05) is 19.3 Å². The van der Waals surface area contributed by atoms with Crippen LogP contribution in [0.3, 0.4) is 0 Å². The molecular weight excluding hydrogens is 266 g/mol. The second kappa shape index (κ2) is 7.42. The molecule has 0 fully saturated rings. The van der Waals surface area contributed by atoms with E-state index in [9.17, 15) is 0 Å². The SMILES string of the molecule is CCCNc1nc(OCC)nc(N(C)c2ccccc2)n1. The van der Waals surface area contributed by atoms with Crippen molar-refractivity contribution in [1.29, 1.82) is 0 Å². The van der Waals surface area contributed by atoms with E-state index < -0.39 is 0 Å². The molecule has 0 radical (unpaired) electrons. The third kappa shape index (κ3) is 4.05. The molecule has 0 spiro atoms. The van der Waals surface area contributed by atoms with Crippen molar-refractivity contribution in [3.63, 3.8) is 0 Å². The van der Waals surface area contributed by atoms with Gasteiger partial charge in [-0.2, -0.15) is 15.0 Å². The van der Waals surface area contributed by atoms with Gasteiger partial charge < -0.3 is 15.0 Å². The third-order valence-corrected chi connectivity index (χ3v) is 2.85. The summed E-state index contributed by atoms with van der Waals surface area (Å²) >= 11 is 0. The number of para-hydroxylation sites is 1. The first-order valence-corrected chi connectivity index (χ1v) is 7.16. The zero-order chi connectivity index (χ0) is 15.1. The van der Waals surface area contributed by atoms with Crippen molar-refractivity contribution in [3.8, 4) is 6.01 Å². The molecule has 1 heterocycles. The summed E-state index contributed by atoms with van der Waals surface area (Å²) in [6.07, 6.45) is 1.000. The van der Waals surface area contributed by atoms with E-state index >= 15 is 0 Å². The lowest BCUT2D eigenvalue weighted by Gasteiger charge is -2.18. The number of nitrogens with zero attached hydrogens (tertiary/aromatic N) is 4. The highest BCUT2D eigenvalue weighted by molar-refractivity contribution is 5.56. The van der Waals surface area contributed by atoms with Gasteiger partial charge >= 0.3 is 6.01 Å². The van der Waals surface area contributed by atoms with E-state index in [1.54, 1.807) is 0 Å². The van der Waals surface area contributed by atoms with Crippen LogP contribution in [-0.2, 0) is 0 Å². The molecule has 1 aromatic carbocycles. The highest BCUT2D eigenvalue weighted by Crippen LogP contribution is 2.22. The molecule has 1 N–H and O–H groups in total. The first-order valence-electron chi connectivity index (χ1n) is 7.16. The summed E-state index contributed by atoms with van der Waals surface area (Å²) < 4.78 is 5.42. The summed E-state index contributed by atoms with van der Waals surface area (Å²) in [4.78, 5) is 14.9. The molecule has 1 aromatic heterocycles. The van der Waals surface area contributed by atoms with Crippen LogP contribution < -0.4 is 15.0 Å². The number of aromatic nitrogens is 3. The summed E-state index contributed by atoms with van der Waals surface area (Å²) in [7, 11) is 1.92. The summed E-state index contributed by atoms with van der Waals surface area (Å²) in [5.41, 5.74) is 1.01. The predicted octanol–water partition coefficient (Wildman–Crippen LogP) is 2.86. The highest BCUT2D eigenvalue weighted by Gasteiger charge is 2.12. The maximum absolute atomic E-state index is 5.42. The van der Waals surface area contributed by atoms with E-state index in [2.05, 4.69) is 27.2 Å². The minimum absolute atomic E-state index is 0.337. The van der Waals surface area contributed by atoms with E-state index in [4.69, 9.17) is 4.74 Å². The molecule has 2 aromatic rings. The fraction of sp³-hybridized carbons (Fsp3) is 0.400. The van der Waals surface area contributed by atoms with Crippen molar-refractivity contribution in [1.82, 2.24) is 15.0 Å². The molecule has 2 rings (SSSR count). The Kier molecular flexibility index (Phi) is 5.31. The van der Waals surface area contributed by atoms with Crippen LogP contribution in [0.25, 0.3) is 0 Å². The lowest BCUT2D eigenvalue weighted by Crippen LogP contribution is -2.16. The maximum Gasteiger partial charge on any atom is 0.323 e. The van der Waals surface area contributed by atoms with Crippen molar-refractivity contribution in [3.05, 3.63) is 30.3 Å². The summed E-state index contributed by atoms with van der Waals surface area (Å²) in [6, 6.07) is 10.3. The van der Waals surface area contributed by atoms with Gasteiger partial charge in [0.25, 0.3) is 0 Å². The Morgan fingerprint density at radius 1 is 1.10 bits per heavy atom. The molecule has 0 saturated carbocycles. The normalized spacial score (nSPS) is 10.2. The van der Waals surface area contributed by atoms with Gasteiger partial charge in [-0.1, -0.05) is 25.1 Å². The van der Waals surface area contributed by atoms with Crippen LogP contribution in [0, 0.1) is 0 Å². The van der Waals surface area contributed by atoms with E-state index in [0.29, 0.717) is 24.5 Å². The molecule has 112 valence electrons. The van der Waals surface area contributed by atoms with Gasteiger partial charge in [0.2, 0.25) is 11.9 Å². The zero-order valence-electron chi connectivity index (χ0n) is 12.7. The number of hydrogen-bond donors (Lipinski definition) is 1. The number of anilines is 3. The molecule has 0 saturated heterocycles. The van der Waals surface area contributed by atoms with Crippen LogP contribution in [0.1, 0.15) is 20.3 Å². The minimum atomic E-state index is 0.337. The largest absolute Gasteiger partial charge is 0.464 e. The fourth-order valence-electron chi connectivity index (χ4n) is 1.77. The Balaban J connectivity index is 2.30. The van der Waals surface area contributed by atoms with Gasteiger partial charge in [0.05, 0.1) is 6.61 Å². The standard InChI is InChI=1S/C15H21N5O/c1-4-11-16-13-17-14(19-15(18-13)21-5-2)20(3)12-9-7-6-8-10-12/h6-10H,4-5,11H2,1-3H3,(H,16,17,18,19). The lowest BCUT2D eigenvalue weighted by atomic mass is 10.3. The van der Waals surface area contributed by atoms with E-state index in [1.165, 1.54) is 0 Å². The second-order valence-electron chi connectivity index (χ2n) is 4.50. The number of benzene rings is 1. The first kappa shape index (κ1) is 15.0. The number of nitrogens with one attached hydrogen (secondary N) is 1. The Labute approximate surface area is 125 Å². The molecule has 0 atom stereocenters. The Morgan fingerprint density at radius 3 is 2.52 bits per heavy atom. The van der Waals surface area contributed by atoms with Crippen molar-refractivity contribution >= 4 is 17.6 Å². The quantitative estimate of drug-likeness (QED) is 0.845. The molecule has 6 nitrogen and oxygen atoms in total. The zero-order valence-corrected chi connectivity index (χ0v) is 12.7. The molecule has 0 bridgehead atoms. The Morgan fingerprint density at radius 2 is 1.86 bits per heavy atom. The van der Waals surface area contributed by atoms with Gasteiger partial charge in [0.1, 0.15) is 0 Å². The molecular formula is C15H21N5O. The van der Waals surface area contributed by atoms with E-state index in [0.717, 1.165) is 18.7 Å². The van der Waals surface area contributed by atoms with Gasteiger partial charge in [-0.3, -0.25) is 0 Å². The van der Waals surface area contributed by atoms with Crippen molar-refractivity contribution in [2.24, 2.45) is 0 Å². The topological polar surface area (TPSA) is 63.2 Å². The number of ether oxygens (including phenoxy) is 1. The van der Waals surface area contributed by atoms with Gasteiger partial charge in [0.15, 0.2) is 0 Å². The molecule has 0 unspecified atom stereocenters. The van der Waals surface area contributed by atoms with Crippen molar-refractivity contribution in [2.45, 2.75) is 20.3 Å². The van der Waals surface area contributed by atoms with Crippen LogP contribution in [0.15, 0.2) is 30.3 Å². The third-order valence-electron chi connectivity index (χ3n) is 2.85. The van der Waals surface area contributed by atoms with Crippen LogP contribution in [0.2, 0.25) is 0 Å². The number of rotatable bonds is 7. The Bertz CT molecular complexity index is 561. The smallest absolute Gasteiger partial charge is 0.323 e. The number of hydrogen-bond acceptors (Lipinski definition) is 6. The van der Waals surface area contributed by atoms with Crippen molar-refractivity contribution in [2.75, 3.05) is 30.4 Å². The monoisotopic (exact) mass is 287 g/mol. The predicted molar refractivity (Wildman–Crippen MR) is 84.3 cm³/mol. The maximum atomic E-state index is 5.42. The lowest BCUT2D eigenvalue weighted by molar-refractivity contribution is 0.312. The Hall–Kier alpha value is -2.37. The van der Waals surface area contributed by atoms with Gasteiger partial charge in [-0.15, -0.1) is 0 Å². The first-order chi connectivity index (χ1) is 10.2. The molecule has 0 aliphatic rings. The summed E-state index contributed by atoms with van der Waals surface area (Å²) in [6.45, 7) is 5.33. The highest BCUT2D eigenvalue weighted by atomic mass is 16.5. The molecule has 0 aliphatic heterocycles. The van der Waals surface area contributed by atoms with E-state index in [1.807, 2.05) is 49.2 Å². The van der Waals surface area contributed by atoms with Crippen LogP contribution in [0.5, 0.6) is 6.01 Å². The second-order valence-corrected chi connectivity index (χ2v) is 4.50. The average molecular weight is 287 g/mol. The molecule has 0 aliphatic carbocycles. The van der Waals surface area contributed by atoms with Crippen LogP contribution in [-0.4, -0.2) is 35.2 Å². The van der Waals surface area contributed by atoms with Gasteiger partial charge in [-0.05, 0) is 25.5 Å². The molecule has 6 heteroatoms. The van der Waals surface area contributed by atoms with Crippen molar-refractivity contribution < 1.29 is 4.74 Å². The van der Waals surface area contributed by atoms with E-state index in [-0.39, 0.29) is 0 Å². The van der Waals surface area contributed by atoms with Crippen LogP contribution >= 0.6 is 0 Å². The summed E-state index contributed by atoms with van der Waals surface area (Å²) in [5, 5.41) is 3.17. The van der Waals surface area contributed by atoms with Gasteiger partial charge in [-0.25, -0.2) is 0 Å². The summed E-state index contributed by atoms with van der Waals surface area (Å²) in [5.74, 6) is 1.09. The minimum Gasteiger partial charge on any atom is -0.464 e.